The minimum Gasteiger partial charge on any atom is -0.336 e. The summed E-state index contributed by atoms with van der Waals surface area (Å²) < 4.78 is 1.17. The molecule has 0 aromatic carbocycles. The van der Waals surface area contributed by atoms with Crippen molar-refractivity contribution in [2.75, 3.05) is 26.2 Å². The monoisotopic (exact) mass is 418 g/mol. The molecular formula is C14H15IN2OS2. The molecule has 2 aromatic heterocycles. The molecule has 106 valence electrons. The summed E-state index contributed by atoms with van der Waals surface area (Å²) in [6.07, 6.45) is 0. The van der Waals surface area contributed by atoms with Crippen LogP contribution in [0.5, 0.6) is 0 Å². The Balaban J connectivity index is 1.54. The molecule has 0 spiro atoms. The van der Waals surface area contributed by atoms with Crippen LogP contribution in [0.25, 0.3) is 0 Å². The molecule has 3 rings (SSSR count). The molecule has 0 saturated carbocycles. The van der Waals surface area contributed by atoms with Crippen molar-refractivity contribution in [3.8, 4) is 0 Å². The molecule has 6 heteroatoms. The van der Waals surface area contributed by atoms with Crippen molar-refractivity contribution >= 4 is 51.2 Å². The highest BCUT2D eigenvalue weighted by Crippen LogP contribution is 2.19. The second kappa shape index (κ2) is 6.55. The molecule has 1 amide bonds. The van der Waals surface area contributed by atoms with E-state index in [1.54, 1.807) is 22.7 Å². The van der Waals surface area contributed by atoms with E-state index in [9.17, 15) is 4.79 Å². The van der Waals surface area contributed by atoms with Gasteiger partial charge in [-0.1, -0.05) is 6.07 Å². The lowest BCUT2D eigenvalue weighted by Gasteiger charge is -2.34. The van der Waals surface area contributed by atoms with Gasteiger partial charge in [0.1, 0.15) is 0 Å². The van der Waals surface area contributed by atoms with Crippen LogP contribution in [0.3, 0.4) is 0 Å². The van der Waals surface area contributed by atoms with Crippen molar-refractivity contribution in [2.45, 2.75) is 6.54 Å². The fraction of sp³-hybridized carbons (Fsp3) is 0.357. The Bertz CT molecular complexity index is 574. The standard InChI is InChI=1S/C14H15IN2OS2/c15-13-8-11(10-20-13)14(18)17-5-3-16(4-6-17)9-12-2-1-7-19-12/h1-2,7-8,10H,3-6,9H2. The summed E-state index contributed by atoms with van der Waals surface area (Å²) in [6.45, 7) is 4.60. The van der Waals surface area contributed by atoms with Crippen molar-refractivity contribution in [1.29, 1.82) is 0 Å². The van der Waals surface area contributed by atoms with Gasteiger partial charge < -0.3 is 4.90 Å². The Labute approximate surface area is 140 Å². The summed E-state index contributed by atoms with van der Waals surface area (Å²) in [7, 11) is 0. The van der Waals surface area contributed by atoms with Crippen LogP contribution in [0.15, 0.2) is 29.0 Å². The highest BCUT2D eigenvalue weighted by Gasteiger charge is 2.22. The van der Waals surface area contributed by atoms with Gasteiger partial charge in [0.15, 0.2) is 0 Å². The van der Waals surface area contributed by atoms with E-state index in [0.29, 0.717) is 0 Å². The maximum absolute atomic E-state index is 12.3. The summed E-state index contributed by atoms with van der Waals surface area (Å²) in [5.41, 5.74) is 0.839. The Hall–Kier alpha value is -0.440. The van der Waals surface area contributed by atoms with Gasteiger partial charge in [-0.15, -0.1) is 22.7 Å². The molecule has 0 N–H and O–H groups in total. The van der Waals surface area contributed by atoms with E-state index in [4.69, 9.17) is 0 Å². The minimum absolute atomic E-state index is 0.180. The van der Waals surface area contributed by atoms with Gasteiger partial charge in [0.05, 0.1) is 8.45 Å². The molecule has 0 unspecified atom stereocenters. The van der Waals surface area contributed by atoms with Crippen molar-refractivity contribution in [1.82, 2.24) is 9.80 Å². The third-order valence-corrected chi connectivity index (χ3v) is 6.08. The molecule has 20 heavy (non-hydrogen) atoms. The van der Waals surface area contributed by atoms with Crippen molar-refractivity contribution in [2.24, 2.45) is 0 Å². The molecule has 0 bridgehead atoms. The van der Waals surface area contributed by atoms with Gasteiger partial charge in [0, 0.05) is 43.0 Å². The van der Waals surface area contributed by atoms with Crippen LogP contribution in [0.1, 0.15) is 15.2 Å². The van der Waals surface area contributed by atoms with E-state index in [-0.39, 0.29) is 5.91 Å². The Kier molecular flexibility index (Phi) is 4.75. The molecule has 1 fully saturated rings. The van der Waals surface area contributed by atoms with Gasteiger partial charge in [-0.25, -0.2) is 0 Å². The van der Waals surface area contributed by atoms with Crippen molar-refractivity contribution < 1.29 is 4.79 Å². The first-order valence-electron chi connectivity index (χ1n) is 6.50. The third kappa shape index (κ3) is 3.41. The number of hydrogen-bond donors (Lipinski definition) is 0. The van der Waals surface area contributed by atoms with Crippen LogP contribution in [0, 0.1) is 2.88 Å². The lowest BCUT2D eigenvalue weighted by molar-refractivity contribution is 0.0630. The van der Waals surface area contributed by atoms with Crippen LogP contribution in [0.2, 0.25) is 0 Å². The third-order valence-electron chi connectivity index (χ3n) is 3.43. The van der Waals surface area contributed by atoms with Crippen LogP contribution in [0.4, 0.5) is 0 Å². The lowest BCUT2D eigenvalue weighted by atomic mass is 10.2. The Morgan fingerprint density at radius 2 is 2.05 bits per heavy atom. The summed E-state index contributed by atoms with van der Waals surface area (Å²) in [5, 5.41) is 4.08. The van der Waals surface area contributed by atoms with Gasteiger partial charge in [-0.05, 0) is 40.1 Å². The smallest absolute Gasteiger partial charge is 0.254 e. The van der Waals surface area contributed by atoms with E-state index >= 15 is 0 Å². The maximum atomic E-state index is 12.3. The normalized spacial score (nSPS) is 16.6. The molecule has 1 aliphatic rings. The van der Waals surface area contributed by atoms with E-state index in [1.165, 1.54) is 7.76 Å². The highest BCUT2D eigenvalue weighted by atomic mass is 127. The zero-order chi connectivity index (χ0) is 13.9. The first-order chi connectivity index (χ1) is 9.72. The predicted molar refractivity (Wildman–Crippen MR) is 92.5 cm³/mol. The van der Waals surface area contributed by atoms with Gasteiger partial charge in [0.2, 0.25) is 0 Å². The number of thiophene rings is 2. The Morgan fingerprint density at radius 1 is 1.25 bits per heavy atom. The molecular weight excluding hydrogens is 403 g/mol. The Morgan fingerprint density at radius 3 is 2.65 bits per heavy atom. The lowest BCUT2D eigenvalue weighted by Crippen LogP contribution is -2.48. The van der Waals surface area contributed by atoms with Gasteiger partial charge in [0.25, 0.3) is 5.91 Å². The molecule has 0 atom stereocenters. The SMILES string of the molecule is O=C(c1csc(I)c1)N1CCN(Cc2cccs2)CC1. The average molecular weight is 418 g/mol. The quantitative estimate of drug-likeness (QED) is 0.714. The number of hydrogen-bond acceptors (Lipinski definition) is 4. The van der Waals surface area contributed by atoms with E-state index in [1.807, 2.05) is 16.3 Å². The zero-order valence-electron chi connectivity index (χ0n) is 10.9. The highest BCUT2D eigenvalue weighted by molar-refractivity contribution is 14.1. The first kappa shape index (κ1) is 14.5. The number of nitrogens with zero attached hydrogens (tertiary/aromatic N) is 2. The number of halogens is 1. The van der Waals surface area contributed by atoms with Crippen molar-refractivity contribution in [3.05, 3.63) is 42.3 Å². The van der Waals surface area contributed by atoms with Gasteiger partial charge >= 0.3 is 0 Å². The van der Waals surface area contributed by atoms with Gasteiger partial charge in [-0.3, -0.25) is 9.69 Å². The molecule has 0 aliphatic carbocycles. The number of rotatable bonds is 3. The zero-order valence-corrected chi connectivity index (χ0v) is 14.7. The maximum Gasteiger partial charge on any atom is 0.254 e. The topological polar surface area (TPSA) is 23.6 Å². The minimum atomic E-state index is 0.180. The summed E-state index contributed by atoms with van der Waals surface area (Å²) in [5.74, 6) is 0.180. The van der Waals surface area contributed by atoms with E-state index < -0.39 is 0 Å². The summed E-state index contributed by atoms with van der Waals surface area (Å²) in [4.78, 5) is 18.1. The molecule has 0 radical (unpaired) electrons. The second-order valence-electron chi connectivity index (χ2n) is 4.79. The number of carbonyl (C=O) groups is 1. The van der Waals surface area contributed by atoms with E-state index in [0.717, 1.165) is 38.3 Å². The predicted octanol–water partition coefficient (Wildman–Crippen LogP) is 3.37. The van der Waals surface area contributed by atoms with Gasteiger partial charge in [-0.2, -0.15) is 0 Å². The molecule has 1 saturated heterocycles. The fourth-order valence-electron chi connectivity index (χ4n) is 2.34. The fourth-order valence-corrected chi connectivity index (χ4v) is 4.40. The number of carbonyl (C=O) groups excluding carboxylic acids is 1. The van der Waals surface area contributed by atoms with Crippen molar-refractivity contribution in [3.63, 3.8) is 0 Å². The van der Waals surface area contributed by atoms with E-state index in [2.05, 4.69) is 45.0 Å². The van der Waals surface area contributed by atoms with Crippen LogP contribution < -0.4 is 0 Å². The molecule has 1 aliphatic heterocycles. The summed E-state index contributed by atoms with van der Waals surface area (Å²) in [6, 6.07) is 6.25. The average Bonchev–Trinajstić information content (AvgIpc) is 3.10. The first-order valence-corrected chi connectivity index (χ1v) is 9.34. The molecule has 2 aromatic rings. The number of amides is 1. The molecule has 3 nitrogen and oxygen atoms in total. The summed E-state index contributed by atoms with van der Waals surface area (Å²) >= 11 is 5.69. The largest absolute Gasteiger partial charge is 0.336 e. The van der Waals surface area contributed by atoms with Crippen LogP contribution >= 0.6 is 45.3 Å². The van der Waals surface area contributed by atoms with Crippen LogP contribution in [-0.2, 0) is 6.54 Å². The molecule has 3 heterocycles. The second-order valence-corrected chi connectivity index (χ2v) is 8.62. The van der Waals surface area contributed by atoms with Crippen LogP contribution in [-0.4, -0.2) is 41.9 Å². The number of piperazine rings is 1.